The summed E-state index contributed by atoms with van der Waals surface area (Å²) in [5.74, 6) is -6.88. The van der Waals surface area contributed by atoms with E-state index in [0.717, 1.165) is 18.4 Å². The Kier molecular flexibility index (Phi) is 7.75. The van der Waals surface area contributed by atoms with Gasteiger partial charge in [0.05, 0.1) is 36.8 Å². The molecule has 1 unspecified atom stereocenters. The number of hydrogen-bond donors (Lipinski definition) is 2. The molecule has 0 radical (unpaired) electrons. The minimum Gasteiger partial charge on any atom is -0.474 e. The first-order valence-corrected chi connectivity index (χ1v) is 14.7. The molecule has 2 amide bonds. The van der Waals surface area contributed by atoms with Crippen molar-refractivity contribution in [1.29, 1.82) is 0 Å². The lowest BCUT2D eigenvalue weighted by Gasteiger charge is -2.34. The Balaban J connectivity index is 1.23. The van der Waals surface area contributed by atoms with Gasteiger partial charge in [0.2, 0.25) is 23.4 Å². The molecule has 3 aromatic heterocycles. The molecule has 2 atom stereocenters. The van der Waals surface area contributed by atoms with Crippen LogP contribution in [0, 0.1) is 17.8 Å². The lowest BCUT2D eigenvalue weighted by molar-refractivity contribution is -0.134. The highest BCUT2D eigenvalue weighted by Gasteiger charge is 2.46. The van der Waals surface area contributed by atoms with Crippen molar-refractivity contribution < 1.29 is 36.5 Å². The Hall–Kier alpha value is -3.78. The Labute approximate surface area is 244 Å². The molecule has 3 aromatic rings. The SMILES string of the molecule is CCOc1nonc1C(=O)N[C@H](c1cn2ncc(C(NC(=O)CC3CC(F)(F)C3)C3CC3)cc2n1)C1CCC(F)(F)CC1. The van der Waals surface area contributed by atoms with Gasteiger partial charge >= 0.3 is 0 Å². The number of amides is 2. The molecule has 3 fully saturated rings. The molecule has 3 aliphatic rings. The Morgan fingerprint density at radius 3 is 2.44 bits per heavy atom. The van der Waals surface area contributed by atoms with Crippen LogP contribution in [-0.2, 0) is 4.79 Å². The number of carbonyl (C=O) groups excluding carboxylic acids is 2. The predicted octanol–water partition coefficient (Wildman–Crippen LogP) is 4.81. The summed E-state index contributed by atoms with van der Waals surface area (Å²) in [6, 6.07) is 0.720. The van der Waals surface area contributed by atoms with Gasteiger partial charge in [-0.2, -0.15) is 5.10 Å². The molecule has 3 saturated carbocycles. The van der Waals surface area contributed by atoms with Crippen molar-refractivity contribution in [2.45, 2.75) is 88.6 Å². The normalized spacial score (nSPS) is 21.6. The Bertz CT molecular complexity index is 1470. The minimum absolute atomic E-state index is 0.0515. The van der Waals surface area contributed by atoms with E-state index in [1.165, 1.54) is 4.52 Å². The second-order valence-electron chi connectivity index (χ2n) is 12.0. The number of carbonyl (C=O) groups is 2. The number of nitrogens with one attached hydrogen (secondary N) is 2. The first-order valence-electron chi connectivity index (χ1n) is 14.7. The third kappa shape index (κ3) is 6.59. The highest BCUT2D eigenvalue weighted by Crippen LogP contribution is 2.45. The fourth-order valence-electron chi connectivity index (χ4n) is 6.15. The molecular formula is C28H33F4N7O4. The van der Waals surface area contributed by atoms with Crippen molar-refractivity contribution >= 4 is 17.5 Å². The third-order valence-corrected chi connectivity index (χ3v) is 8.57. The van der Waals surface area contributed by atoms with Crippen LogP contribution in [0.3, 0.4) is 0 Å². The van der Waals surface area contributed by atoms with E-state index in [9.17, 15) is 27.2 Å². The van der Waals surface area contributed by atoms with Crippen molar-refractivity contribution in [3.05, 3.63) is 35.4 Å². The van der Waals surface area contributed by atoms with Gasteiger partial charge in [0.1, 0.15) is 0 Å². The average Bonchev–Trinajstić information content (AvgIpc) is 3.52. The summed E-state index contributed by atoms with van der Waals surface area (Å²) in [4.78, 5) is 30.6. The predicted molar refractivity (Wildman–Crippen MR) is 141 cm³/mol. The summed E-state index contributed by atoms with van der Waals surface area (Å²) in [6.45, 7) is 1.95. The summed E-state index contributed by atoms with van der Waals surface area (Å²) < 4.78 is 66.0. The number of alkyl halides is 4. The van der Waals surface area contributed by atoms with Gasteiger partial charge in [-0.15, -0.1) is 0 Å². The van der Waals surface area contributed by atoms with E-state index in [2.05, 4.69) is 30.7 Å². The van der Waals surface area contributed by atoms with E-state index in [0.29, 0.717) is 11.3 Å². The highest BCUT2D eigenvalue weighted by molar-refractivity contribution is 5.94. The quantitative estimate of drug-likeness (QED) is 0.297. The topological polar surface area (TPSA) is 137 Å². The molecule has 15 heteroatoms. The summed E-state index contributed by atoms with van der Waals surface area (Å²) in [5, 5.41) is 17.6. The maximum absolute atomic E-state index is 14.0. The molecule has 43 heavy (non-hydrogen) atoms. The van der Waals surface area contributed by atoms with Gasteiger partial charge in [-0.25, -0.2) is 31.7 Å². The maximum Gasteiger partial charge on any atom is 0.289 e. The summed E-state index contributed by atoms with van der Waals surface area (Å²) >= 11 is 0. The number of imidazole rings is 1. The molecule has 6 rings (SSSR count). The van der Waals surface area contributed by atoms with Crippen LogP contribution in [0.5, 0.6) is 5.88 Å². The van der Waals surface area contributed by atoms with Gasteiger partial charge in [-0.3, -0.25) is 9.59 Å². The summed E-state index contributed by atoms with van der Waals surface area (Å²) in [7, 11) is 0. The molecule has 0 aliphatic heterocycles. The van der Waals surface area contributed by atoms with Crippen LogP contribution in [0.15, 0.2) is 23.1 Å². The lowest BCUT2D eigenvalue weighted by Crippen LogP contribution is -2.39. The van der Waals surface area contributed by atoms with E-state index in [1.807, 2.05) is 0 Å². The van der Waals surface area contributed by atoms with Crippen molar-refractivity contribution in [3.63, 3.8) is 0 Å². The van der Waals surface area contributed by atoms with Crippen LogP contribution in [0.1, 0.15) is 98.5 Å². The highest BCUT2D eigenvalue weighted by atomic mass is 19.3. The Morgan fingerprint density at radius 1 is 1.05 bits per heavy atom. The maximum atomic E-state index is 14.0. The molecular weight excluding hydrogens is 574 g/mol. The Morgan fingerprint density at radius 2 is 1.77 bits per heavy atom. The third-order valence-electron chi connectivity index (χ3n) is 8.57. The van der Waals surface area contributed by atoms with E-state index in [4.69, 9.17) is 9.72 Å². The van der Waals surface area contributed by atoms with Gasteiger partial charge in [0.15, 0.2) is 5.65 Å². The first kappa shape index (κ1) is 29.3. The van der Waals surface area contributed by atoms with Gasteiger partial charge in [0.25, 0.3) is 11.8 Å². The lowest BCUT2D eigenvalue weighted by atomic mass is 9.79. The standard InChI is InChI=1S/C28H33F4N7O4/c1-2-42-26-24(37-43-38-26)25(41)36-23(17-5-7-27(29,30)8-6-17)19-14-39-20(34-19)10-18(13-33-39)22(16-3-4-16)35-21(40)9-15-11-28(31,32)12-15/h10,13-17,22-23H,2-9,11-12H2,1H3,(H,35,40)(H,36,41)/t22?,23-/m0/s1. The largest absolute Gasteiger partial charge is 0.474 e. The fourth-order valence-corrected chi connectivity index (χ4v) is 6.15. The summed E-state index contributed by atoms with van der Waals surface area (Å²) in [5.41, 5.74) is 1.45. The van der Waals surface area contributed by atoms with Crippen LogP contribution in [0.25, 0.3) is 5.65 Å². The van der Waals surface area contributed by atoms with Gasteiger partial charge < -0.3 is 15.4 Å². The van der Waals surface area contributed by atoms with E-state index in [-0.39, 0.29) is 92.8 Å². The number of rotatable bonds is 11. The van der Waals surface area contributed by atoms with Crippen LogP contribution < -0.4 is 15.4 Å². The molecule has 2 N–H and O–H groups in total. The monoisotopic (exact) mass is 607 g/mol. The zero-order valence-electron chi connectivity index (χ0n) is 23.6. The van der Waals surface area contributed by atoms with Gasteiger partial charge in [-0.1, -0.05) is 0 Å². The van der Waals surface area contributed by atoms with Gasteiger partial charge in [0, 0.05) is 32.1 Å². The zero-order chi connectivity index (χ0) is 30.4. The number of aromatic nitrogens is 5. The van der Waals surface area contributed by atoms with Crippen LogP contribution in [-0.4, -0.2) is 55.2 Å². The smallest absolute Gasteiger partial charge is 0.289 e. The van der Waals surface area contributed by atoms with Crippen LogP contribution in [0.2, 0.25) is 0 Å². The number of fused-ring (bicyclic) bond motifs is 1. The number of ether oxygens (including phenoxy) is 1. The van der Waals surface area contributed by atoms with E-state index in [1.54, 1.807) is 25.4 Å². The molecule has 0 aromatic carbocycles. The second-order valence-corrected chi connectivity index (χ2v) is 12.0. The number of hydrogen-bond acceptors (Lipinski definition) is 8. The summed E-state index contributed by atoms with van der Waals surface area (Å²) in [6.07, 6.45) is 4.34. The molecule has 0 bridgehead atoms. The van der Waals surface area contributed by atoms with Crippen molar-refractivity contribution in [3.8, 4) is 5.88 Å². The van der Waals surface area contributed by atoms with E-state index < -0.39 is 23.8 Å². The average molecular weight is 608 g/mol. The fraction of sp³-hybridized carbons (Fsp3) is 0.643. The number of halogens is 4. The van der Waals surface area contributed by atoms with Crippen molar-refractivity contribution in [2.75, 3.05) is 6.61 Å². The van der Waals surface area contributed by atoms with Crippen molar-refractivity contribution in [2.24, 2.45) is 17.8 Å². The molecule has 3 aliphatic carbocycles. The second kappa shape index (κ2) is 11.4. The molecule has 3 heterocycles. The van der Waals surface area contributed by atoms with E-state index >= 15 is 0 Å². The molecule has 11 nitrogen and oxygen atoms in total. The van der Waals surface area contributed by atoms with Gasteiger partial charge in [-0.05, 0) is 72.3 Å². The van der Waals surface area contributed by atoms with Crippen LogP contribution >= 0.6 is 0 Å². The minimum atomic E-state index is -2.76. The molecule has 0 spiro atoms. The van der Waals surface area contributed by atoms with Crippen molar-refractivity contribution in [1.82, 2.24) is 35.5 Å². The zero-order valence-corrected chi connectivity index (χ0v) is 23.6. The number of nitrogens with zero attached hydrogens (tertiary/aromatic N) is 5. The molecule has 0 saturated heterocycles. The first-order chi connectivity index (χ1) is 20.5. The molecule has 232 valence electrons. The van der Waals surface area contributed by atoms with Crippen LogP contribution in [0.4, 0.5) is 17.6 Å².